The molecular formula is C15H26N2S. The molecule has 0 radical (unpaired) electrons. The Bertz CT molecular complexity index is 299. The van der Waals surface area contributed by atoms with E-state index in [1.165, 1.54) is 44.5 Å². The summed E-state index contributed by atoms with van der Waals surface area (Å²) in [7, 11) is 0. The largest absolute Gasteiger partial charge is 0.297 e. The van der Waals surface area contributed by atoms with Crippen molar-refractivity contribution < 1.29 is 0 Å². The first-order chi connectivity index (χ1) is 8.74. The average Bonchev–Trinajstić information content (AvgIpc) is 2.39. The SMILES string of the molecule is CCCC1CCC(C#N)C(N2CCSC(C)C2)C1. The number of nitrogens with zero attached hydrogens (tertiary/aromatic N) is 2. The first-order valence-electron chi connectivity index (χ1n) is 7.49. The number of hydrogen-bond donors (Lipinski definition) is 0. The maximum absolute atomic E-state index is 9.39. The lowest BCUT2D eigenvalue weighted by Gasteiger charge is -2.43. The van der Waals surface area contributed by atoms with E-state index in [2.05, 4.69) is 36.6 Å². The normalized spacial score (nSPS) is 38.3. The standard InChI is InChI=1S/C15H26N2S/c1-3-4-13-5-6-14(10-16)15(9-13)17-7-8-18-12(2)11-17/h12-15H,3-9,11H2,1-2H3. The Hall–Kier alpha value is -0.200. The minimum Gasteiger partial charge on any atom is -0.297 e. The highest BCUT2D eigenvalue weighted by Crippen LogP contribution is 2.36. The van der Waals surface area contributed by atoms with Gasteiger partial charge in [0.25, 0.3) is 0 Å². The van der Waals surface area contributed by atoms with E-state index in [4.69, 9.17) is 0 Å². The molecule has 0 spiro atoms. The molecule has 0 amide bonds. The van der Waals surface area contributed by atoms with E-state index in [1.807, 2.05) is 0 Å². The fraction of sp³-hybridized carbons (Fsp3) is 0.933. The van der Waals surface area contributed by atoms with Gasteiger partial charge in [0, 0.05) is 30.1 Å². The van der Waals surface area contributed by atoms with Crippen molar-refractivity contribution >= 4 is 11.8 Å². The van der Waals surface area contributed by atoms with Gasteiger partial charge in [0.2, 0.25) is 0 Å². The fourth-order valence-electron chi connectivity index (χ4n) is 3.60. The Morgan fingerprint density at radius 1 is 1.39 bits per heavy atom. The van der Waals surface area contributed by atoms with E-state index >= 15 is 0 Å². The van der Waals surface area contributed by atoms with Crippen LogP contribution in [0.2, 0.25) is 0 Å². The molecule has 4 atom stereocenters. The van der Waals surface area contributed by atoms with Crippen LogP contribution in [0.1, 0.15) is 46.0 Å². The summed E-state index contributed by atoms with van der Waals surface area (Å²) < 4.78 is 0. The third kappa shape index (κ3) is 3.42. The molecule has 1 aliphatic carbocycles. The van der Waals surface area contributed by atoms with Crippen LogP contribution in [0, 0.1) is 23.2 Å². The van der Waals surface area contributed by atoms with Crippen molar-refractivity contribution in [1.29, 1.82) is 5.26 Å². The second-order valence-corrected chi connectivity index (χ2v) is 7.49. The Morgan fingerprint density at radius 3 is 2.89 bits per heavy atom. The molecule has 1 saturated carbocycles. The topological polar surface area (TPSA) is 27.0 Å². The van der Waals surface area contributed by atoms with Crippen molar-refractivity contribution in [3.63, 3.8) is 0 Å². The second kappa shape index (κ2) is 6.82. The molecule has 2 nitrogen and oxygen atoms in total. The van der Waals surface area contributed by atoms with Crippen LogP contribution in [0.15, 0.2) is 0 Å². The van der Waals surface area contributed by atoms with Gasteiger partial charge in [-0.15, -0.1) is 0 Å². The van der Waals surface area contributed by atoms with E-state index in [1.54, 1.807) is 0 Å². The van der Waals surface area contributed by atoms with E-state index in [9.17, 15) is 5.26 Å². The van der Waals surface area contributed by atoms with Gasteiger partial charge in [-0.3, -0.25) is 4.90 Å². The maximum Gasteiger partial charge on any atom is 0.0672 e. The van der Waals surface area contributed by atoms with Crippen molar-refractivity contribution in [2.24, 2.45) is 11.8 Å². The molecule has 18 heavy (non-hydrogen) atoms. The summed E-state index contributed by atoms with van der Waals surface area (Å²) in [5.74, 6) is 2.40. The van der Waals surface area contributed by atoms with Crippen LogP contribution < -0.4 is 0 Å². The summed E-state index contributed by atoms with van der Waals surface area (Å²) in [6.07, 6.45) is 6.32. The molecule has 0 aromatic heterocycles. The quantitative estimate of drug-likeness (QED) is 0.782. The molecule has 3 heteroatoms. The van der Waals surface area contributed by atoms with Crippen LogP contribution in [0.4, 0.5) is 0 Å². The third-order valence-electron chi connectivity index (χ3n) is 4.53. The fourth-order valence-corrected chi connectivity index (χ4v) is 4.64. The summed E-state index contributed by atoms with van der Waals surface area (Å²) >= 11 is 2.08. The summed E-state index contributed by atoms with van der Waals surface area (Å²) in [5, 5.41) is 10.1. The number of nitriles is 1. The smallest absolute Gasteiger partial charge is 0.0672 e. The molecule has 2 rings (SSSR count). The summed E-state index contributed by atoms with van der Waals surface area (Å²) in [6.45, 7) is 6.98. The molecule has 0 aromatic rings. The molecule has 2 aliphatic rings. The number of hydrogen-bond acceptors (Lipinski definition) is 3. The van der Waals surface area contributed by atoms with Gasteiger partial charge in [-0.1, -0.05) is 26.7 Å². The van der Waals surface area contributed by atoms with Crippen LogP contribution in [0.25, 0.3) is 0 Å². The molecule has 1 aliphatic heterocycles. The van der Waals surface area contributed by atoms with Crippen molar-refractivity contribution in [3.8, 4) is 6.07 Å². The lowest BCUT2D eigenvalue weighted by molar-refractivity contribution is 0.102. The van der Waals surface area contributed by atoms with Gasteiger partial charge in [-0.2, -0.15) is 17.0 Å². The highest BCUT2D eigenvalue weighted by atomic mass is 32.2. The molecule has 0 bridgehead atoms. The summed E-state index contributed by atoms with van der Waals surface area (Å²) in [5.41, 5.74) is 0. The minimum atomic E-state index is 0.286. The molecule has 0 aromatic carbocycles. The van der Waals surface area contributed by atoms with E-state index in [-0.39, 0.29) is 5.92 Å². The van der Waals surface area contributed by atoms with Crippen LogP contribution in [0.3, 0.4) is 0 Å². The van der Waals surface area contributed by atoms with Crippen LogP contribution >= 0.6 is 11.8 Å². The lowest BCUT2D eigenvalue weighted by atomic mass is 9.76. The van der Waals surface area contributed by atoms with E-state index in [0.717, 1.165) is 17.6 Å². The van der Waals surface area contributed by atoms with Gasteiger partial charge in [0.1, 0.15) is 0 Å². The zero-order chi connectivity index (χ0) is 13.0. The lowest BCUT2D eigenvalue weighted by Crippen LogP contribution is -2.49. The van der Waals surface area contributed by atoms with Gasteiger partial charge < -0.3 is 0 Å². The van der Waals surface area contributed by atoms with Gasteiger partial charge in [-0.25, -0.2) is 0 Å². The van der Waals surface area contributed by atoms with Crippen molar-refractivity contribution in [1.82, 2.24) is 4.90 Å². The van der Waals surface area contributed by atoms with E-state index in [0.29, 0.717) is 6.04 Å². The van der Waals surface area contributed by atoms with Gasteiger partial charge >= 0.3 is 0 Å². The molecule has 0 N–H and O–H groups in total. The van der Waals surface area contributed by atoms with Crippen molar-refractivity contribution in [3.05, 3.63) is 0 Å². The molecule has 4 unspecified atom stereocenters. The monoisotopic (exact) mass is 266 g/mol. The predicted molar refractivity (Wildman–Crippen MR) is 78.6 cm³/mol. The third-order valence-corrected chi connectivity index (χ3v) is 5.67. The Kier molecular flexibility index (Phi) is 5.38. The van der Waals surface area contributed by atoms with Crippen molar-refractivity contribution in [2.75, 3.05) is 18.8 Å². The van der Waals surface area contributed by atoms with Crippen LogP contribution in [-0.4, -0.2) is 35.0 Å². The summed E-state index contributed by atoms with van der Waals surface area (Å²) in [6, 6.07) is 3.13. The first kappa shape index (κ1) is 14.2. The number of thioether (sulfide) groups is 1. The van der Waals surface area contributed by atoms with E-state index < -0.39 is 0 Å². The van der Waals surface area contributed by atoms with Crippen LogP contribution in [-0.2, 0) is 0 Å². The molecule has 1 heterocycles. The van der Waals surface area contributed by atoms with Gasteiger partial charge in [-0.05, 0) is 25.2 Å². The Morgan fingerprint density at radius 2 is 2.22 bits per heavy atom. The maximum atomic E-state index is 9.39. The highest BCUT2D eigenvalue weighted by molar-refractivity contribution is 7.99. The Labute approximate surface area is 116 Å². The molecule has 2 fully saturated rings. The molecule has 1 saturated heterocycles. The zero-order valence-corrected chi connectivity index (χ0v) is 12.6. The van der Waals surface area contributed by atoms with Crippen LogP contribution in [0.5, 0.6) is 0 Å². The molecular weight excluding hydrogens is 240 g/mol. The Balaban J connectivity index is 1.99. The highest BCUT2D eigenvalue weighted by Gasteiger charge is 2.35. The van der Waals surface area contributed by atoms with Gasteiger partial charge in [0.05, 0.1) is 12.0 Å². The number of rotatable bonds is 3. The minimum absolute atomic E-state index is 0.286. The first-order valence-corrected chi connectivity index (χ1v) is 8.54. The zero-order valence-electron chi connectivity index (χ0n) is 11.8. The average molecular weight is 266 g/mol. The summed E-state index contributed by atoms with van der Waals surface area (Å²) in [4.78, 5) is 2.62. The second-order valence-electron chi connectivity index (χ2n) is 5.95. The predicted octanol–water partition coefficient (Wildman–Crippen LogP) is 3.53. The molecule has 102 valence electrons. The van der Waals surface area contributed by atoms with Crippen molar-refractivity contribution in [2.45, 2.75) is 57.2 Å². The van der Waals surface area contributed by atoms with Gasteiger partial charge in [0.15, 0.2) is 0 Å².